The van der Waals surface area contributed by atoms with E-state index in [1.165, 1.54) is 0 Å². The summed E-state index contributed by atoms with van der Waals surface area (Å²) in [6.07, 6.45) is 6.76. The van der Waals surface area contributed by atoms with Crippen LogP contribution < -0.4 is 5.32 Å². The topological polar surface area (TPSA) is 72.3 Å². The normalized spacial score (nSPS) is 20.2. The molecular formula is C25H31N5O2. The van der Waals surface area contributed by atoms with E-state index in [-0.39, 0.29) is 17.7 Å². The van der Waals surface area contributed by atoms with E-state index in [0.29, 0.717) is 6.54 Å². The van der Waals surface area contributed by atoms with Gasteiger partial charge in [0.25, 0.3) is 0 Å². The minimum absolute atomic E-state index is 0.153. The van der Waals surface area contributed by atoms with Gasteiger partial charge >= 0.3 is 6.09 Å². The number of imidazole rings is 1. The fourth-order valence-electron chi connectivity index (χ4n) is 5.30. The van der Waals surface area contributed by atoms with Crippen molar-refractivity contribution in [2.45, 2.75) is 70.1 Å². The third-order valence-electron chi connectivity index (χ3n) is 6.67. The van der Waals surface area contributed by atoms with Crippen molar-refractivity contribution >= 4 is 22.9 Å². The summed E-state index contributed by atoms with van der Waals surface area (Å²) in [5.74, 6) is 1.65. The Morgan fingerprint density at radius 1 is 1.12 bits per heavy atom. The van der Waals surface area contributed by atoms with Crippen LogP contribution in [0.5, 0.6) is 0 Å². The number of likely N-dealkylation sites (tertiary alicyclic amines) is 1. The lowest BCUT2D eigenvalue weighted by molar-refractivity contribution is 0.00770. The maximum absolute atomic E-state index is 13.0. The number of benzene rings is 1. The maximum Gasteiger partial charge on any atom is 0.410 e. The predicted octanol–water partition coefficient (Wildman–Crippen LogP) is 5.15. The second-order valence-corrected chi connectivity index (χ2v) is 9.91. The van der Waals surface area contributed by atoms with Crippen LogP contribution in [0.2, 0.25) is 0 Å². The smallest absolute Gasteiger partial charge is 0.410 e. The zero-order valence-electron chi connectivity index (χ0n) is 19.0. The van der Waals surface area contributed by atoms with Gasteiger partial charge in [-0.2, -0.15) is 0 Å². The lowest BCUT2D eigenvalue weighted by atomic mass is 9.89. The summed E-state index contributed by atoms with van der Waals surface area (Å²) < 4.78 is 7.76. The summed E-state index contributed by atoms with van der Waals surface area (Å²) in [7, 11) is 0. The first-order chi connectivity index (χ1) is 15.4. The van der Waals surface area contributed by atoms with Gasteiger partial charge in [0.05, 0.1) is 22.6 Å². The number of pyridine rings is 1. The van der Waals surface area contributed by atoms with Gasteiger partial charge in [-0.1, -0.05) is 31.0 Å². The van der Waals surface area contributed by atoms with Gasteiger partial charge in [-0.3, -0.25) is 4.57 Å². The van der Waals surface area contributed by atoms with Gasteiger partial charge in [-0.15, -0.1) is 0 Å². The average Bonchev–Trinajstić information content (AvgIpc) is 3.48. The summed E-state index contributed by atoms with van der Waals surface area (Å²) in [6.45, 7) is 6.48. The van der Waals surface area contributed by atoms with Crippen molar-refractivity contribution in [1.82, 2.24) is 19.4 Å². The minimum Gasteiger partial charge on any atom is -0.444 e. The molecule has 1 aliphatic carbocycles. The molecular weight excluding hydrogens is 402 g/mol. The van der Waals surface area contributed by atoms with E-state index in [2.05, 4.69) is 10.3 Å². The van der Waals surface area contributed by atoms with Crippen molar-refractivity contribution in [3.63, 3.8) is 0 Å². The quantitative estimate of drug-likeness (QED) is 0.618. The van der Waals surface area contributed by atoms with Crippen LogP contribution in [0.4, 0.5) is 10.6 Å². The molecule has 5 rings (SSSR count). The number of carbonyl (C=O) groups excluding carboxylic acids is 1. The number of hydrogen-bond donors (Lipinski definition) is 1. The standard InChI is InChI=1S/C25H31N5O2/c1-24(2,3)32-23(31)30-16-13-20(25(30)14-6-7-15-25)27-21-11-8-12-22(28-21)29-17-26-18-9-4-5-10-19(18)29/h4-5,8-12,17,20H,6-7,13-16H2,1-3H3,(H,27,28). The molecule has 2 aliphatic rings. The highest BCUT2D eigenvalue weighted by Gasteiger charge is 2.53. The van der Waals surface area contributed by atoms with Gasteiger partial charge in [0, 0.05) is 6.54 Å². The van der Waals surface area contributed by atoms with Crippen LogP contribution in [0.15, 0.2) is 48.8 Å². The third-order valence-corrected chi connectivity index (χ3v) is 6.67. The number of carbonyl (C=O) groups is 1. The Hall–Kier alpha value is -3.09. The Kier molecular flexibility index (Phi) is 5.07. The van der Waals surface area contributed by atoms with E-state index in [1.807, 2.05) is 79.0 Å². The molecule has 7 nitrogen and oxygen atoms in total. The van der Waals surface area contributed by atoms with Gasteiger partial charge in [-0.25, -0.2) is 14.8 Å². The zero-order valence-corrected chi connectivity index (χ0v) is 19.0. The van der Waals surface area contributed by atoms with Crippen LogP contribution in [-0.2, 0) is 4.74 Å². The molecule has 1 spiro atoms. The first-order valence-corrected chi connectivity index (χ1v) is 11.5. The van der Waals surface area contributed by atoms with E-state index in [1.54, 1.807) is 0 Å². The number of para-hydroxylation sites is 2. The Balaban J connectivity index is 1.40. The molecule has 1 aliphatic heterocycles. The monoisotopic (exact) mass is 433 g/mol. The van der Waals surface area contributed by atoms with Crippen molar-refractivity contribution in [3.8, 4) is 5.82 Å². The van der Waals surface area contributed by atoms with E-state index in [9.17, 15) is 4.79 Å². The molecule has 1 atom stereocenters. The Labute approximate surface area is 188 Å². The molecule has 1 N–H and O–H groups in total. The van der Waals surface area contributed by atoms with Crippen LogP contribution in [0.3, 0.4) is 0 Å². The number of fused-ring (bicyclic) bond motifs is 1. The molecule has 1 saturated carbocycles. The number of aromatic nitrogens is 3. The fraction of sp³-hybridized carbons (Fsp3) is 0.480. The molecule has 3 heterocycles. The lowest BCUT2D eigenvalue weighted by Gasteiger charge is -2.40. The summed E-state index contributed by atoms with van der Waals surface area (Å²) >= 11 is 0. The first kappa shape index (κ1) is 20.8. The second kappa shape index (κ2) is 7.80. The maximum atomic E-state index is 13.0. The van der Waals surface area contributed by atoms with E-state index in [4.69, 9.17) is 9.72 Å². The van der Waals surface area contributed by atoms with E-state index < -0.39 is 5.60 Å². The van der Waals surface area contributed by atoms with Crippen LogP contribution in [-0.4, -0.2) is 49.3 Å². The molecule has 2 aromatic heterocycles. The summed E-state index contributed by atoms with van der Waals surface area (Å²) in [5.41, 5.74) is 1.27. The molecule has 7 heteroatoms. The summed E-state index contributed by atoms with van der Waals surface area (Å²) in [6, 6.07) is 14.2. The number of nitrogens with one attached hydrogen (secondary N) is 1. The molecule has 2 fully saturated rings. The average molecular weight is 434 g/mol. The Morgan fingerprint density at radius 2 is 1.91 bits per heavy atom. The highest BCUT2D eigenvalue weighted by molar-refractivity contribution is 5.77. The first-order valence-electron chi connectivity index (χ1n) is 11.5. The summed E-state index contributed by atoms with van der Waals surface area (Å²) in [5, 5.41) is 3.68. The largest absolute Gasteiger partial charge is 0.444 e. The van der Waals surface area contributed by atoms with Crippen molar-refractivity contribution in [3.05, 3.63) is 48.8 Å². The molecule has 0 radical (unpaired) electrons. The number of rotatable bonds is 3. The number of anilines is 1. The van der Waals surface area contributed by atoms with Gasteiger partial charge in [0.15, 0.2) is 0 Å². The molecule has 168 valence electrons. The molecule has 1 aromatic carbocycles. The molecule has 1 amide bonds. The van der Waals surface area contributed by atoms with Crippen LogP contribution in [0.1, 0.15) is 52.9 Å². The lowest BCUT2D eigenvalue weighted by Crippen LogP contribution is -2.54. The van der Waals surface area contributed by atoms with Gasteiger partial charge in [-0.05, 0) is 64.3 Å². The number of ether oxygens (including phenoxy) is 1. The van der Waals surface area contributed by atoms with E-state index in [0.717, 1.165) is 54.8 Å². The Morgan fingerprint density at radius 3 is 2.69 bits per heavy atom. The molecule has 1 unspecified atom stereocenters. The number of nitrogens with zero attached hydrogens (tertiary/aromatic N) is 4. The Bertz CT molecular complexity index is 1130. The third kappa shape index (κ3) is 3.70. The second-order valence-electron chi connectivity index (χ2n) is 9.91. The van der Waals surface area contributed by atoms with Crippen molar-refractivity contribution in [1.29, 1.82) is 0 Å². The number of hydrogen-bond acceptors (Lipinski definition) is 5. The fourth-order valence-corrected chi connectivity index (χ4v) is 5.30. The number of amides is 1. The molecule has 3 aromatic rings. The van der Waals surface area contributed by atoms with Gasteiger partial charge in [0.2, 0.25) is 0 Å². The highest BCUT2D eigenvalue weighted by atomic mass is 16.6. The minimum atomic E-state index is -0.494. The predicted molar refractivity (Wildman–Crippen MR) is 125 cm³/mol. The molecule has 0 bridgehead atoms. The van der Waals surface area contributed by atoms with Crippen LogP contribution in [0, 0.1) is 0 Å². The van der Waals surface area contributed by atoms with Crippen molar-refractivity contribution in [2.75, 3.05) is 11.9 Å². The van der Waals surface area contributed by atoms with Crippen LogP contribution in [0.25, 0.3) is 16.9 Å². The van der Waals surface area contributed by atoms with Crippen molar-refractivity contribution in [2.24, 2.45) is 0 Å². The summed E-state index contributed by atoms with van der Waals surface area (Å²) in [4.78, 5) is 24.4. The van der Waals surface area contributed by atoms with Gasteiger partial charge in [0.1, 0.15) is 23.6 Å². The van der Waals surface area contributed by atoms with Crippen molar-refractivity contribution < 1.29 is 9.53 Å². The highest BCUT2D eigenvalue weighted by Crippen LogP contribution is 2.45. The van der Waals surface area contributed by atoms with Gasteiger partial charge < -0.3 is 15.0 Å². The van der Waals surface area contributed by atoms with E-state index >= 15 is 0 Å². The van der Waals surface area contributed by atoms with Crippen LogP contribution >= 0.6 is 0 Å². The molecule has 32 heavy (non-hydrogen) atoms. The SMILES string of the molecule is CC(C)(C)OC(=O)N1CCC(Nc2cccc(-n3cnc4ccccc43)n2)C12CCCC2. The zero-order chi connectivity index (χ0) is 22.3. The molecule has 1 saturated heterocycles.